The van der Waals surface area contributed by atoms with Crippen molar-refractivity contribution in [1.82, 2.24) is 4.72 Å². The maximum absolute atomic E-state index is 12.4. The molecule has 0 aliphatic heterocycles. The molecule has 1 fully saturated rings. The molecular weight excluding hydrogens is 286 g/mol. The molecular formula is C16H21NO3S. The van der Waals surface area contributed by atoms with E-state index in [4.69, 9.17) is 5.11 Å². The molecule has 1 aromatic carbocycles. The highest BCUT2D eigenvalue weighted by Gasteiger charge is 2.24. The maximum Gasteiger partial charge on any atom is 0.241 e. The minimum absolute atomic E-state index is 0.178. The topological polar surface area (TPSA) is 66.4 Å². The molecule has 2 rings (SSSR count). The zero-order valence-corrected chi connectivity index (χ0v) is 13.0. The maximum atomic E-state index is 12.4. The Bertz CT molecular complexity index is 643. The highest BCUT2D eigenvalue weighted by molar-refractivity contribution is 7.89. The molecule has 2 atom stereocenters. The van der Waals surface area contributed by atoms with Gasteiger partial charge in [-0.3, -0.25) is 0 Å². The fraction of sp³-hybridized carbons (Fsp3) is 0.500. The highest BCUT2D eigenvalue weighted by atomic mass is 32.2. The summed E-state index contributed by atoms with van der Waals surface area (Å²) >= 11 is 0. The van der Waals surface area contributed by atoms with Crippen LogP contribution in [0.5, 0.6) is 0 Å². The Labute approximate surface area is 126 Å². The number of aliphatic hydroxyl groups is 1. The van der Waals surface area contributed by atoms with E-state index in [0.29, 0.717) is 23.9 Å². The molecule has 114 valence electrons. The van der Waals surface area contributed by atoms with Gasteiger partial charge in [-0.2, -0.15) is 0 Å². The molecule has 5 heteroatoms. The van der Waals surface area contributed by atoms with Crippen LogP contribution in [0.15, 0.2) is 29.2 Å². The van der Waals surface area contributed by atoms with E-state index in [2.05, 4.69) is 23.5 Å². The highest BCUT2D eigenvalue weighted by Crippen LogP contribution is 2.30. The van der Waals surface area contributed by atoms with Crippen LogP contribution >= 0.6 is 0 Å². The summed E-state index contributed by atoms with van der Waals surface area (Å²) in [5, 5.41) is 8.75. The summed E-state index contributed by atoms with van der Waals surface area (Å²) in [4.78, 5) is 0.178. The van der Waals surface area contributed by atoms with E-state index in [9.17, 15) is 8.42 Å². The first-order valence-corrected chi connectivity index (χ1v) is 8.69. The average molecular weight is 307 g/mol. The van der Waals surface area contributed by atoms with Crippen LogP contribution in [0.3, 0.4) is 0 Å². The number of sulfonamides is 1. The van der Waals surface area contributed by atoms with Crippen molar-refractivity contribution in [3.05, 3.63) is 29.8 Å². The first kappa shape index (κ1) is 16.0. The molecule has 1 aliphatic carbocycles. The van der Waals surface area contributed by atoms with E-state index in [1.165, 1.54) is 6.42 Å². The van der Waals surface area contributed by atoms with Crippen LogP contribution < -0.4 is 4.72 Å². The number of hydrogen-bond donors (Lipinski definition) is 2. The Morgan fingerprint density at radius 1 is 1.33 bits per heavy atom. The second kappa shape index (κ2) is 7.08. The van der Waals surface area contributed by atoms with Crippen LogP contribution in [-0.2, 0) is 10.0 Å². The van der Waals surface area contributed by atoms with E-state index in [1.807, 2.05) is 0 Å². The van der Waals surface area contributed by atoms with Gasteiger partial charge in [0, 0.05) is 12.1 Å². The number of rotatable bonds is 4. The first-order chi connectivity index (χ1) is 10.0. The Morgan fingerprint density at radius 2 is 2.10 bits per heavy atom. The number of nitrogens with one attached hydrogen (secondary N) is 1. The van der Waals surface area contributed by atoms with Gasteiger partial charge in [0.05, 0.1) is 4.90 Å². The van der Waals surface area contributed by atoms with Crippen LogP contribution in [0.4, 0.5) is 0 Å². The molecule has 1 saturated carbocycles. The van der Waals surface area contributed by atoms with Gasteiger partial charge >= 0.3 is 0 Å². The zero-order chi connectivity index (χ0) is 15.3. The summed E-state index contributed by atoms with van der Waals surface area (Å²) in [6.45, 7) is 2.39. The Kier molecular flexibility index (Phi) is 5.40. The molecule has 0 heterocycles. The number of benzene rings is 1. The quantitative estimate of drug-likeness (QED) is 0.833. The predicted octanol–water partition coefficient (Wildman–Crippen LogP) is 1.74. The summed E-state index contributed by atoms with van der Waals surface area (Å²) in [6.07, 6.45) is 3.33. The van der Waals surface area contributed by atoms with E-state index in [1.54, 1.807) is 24.3 Å². The normalized spacial score (nSPS) is 21.8. The van der Waals surface area contributed by atoms with Crippen LogP contribution in [0.25, 0.3) is 0 Å². The second-order valence-electron chi connectivity index (χ2n) is 5.59. The lowest BCUT2D eigenvalue weighted by Crippen LogP contribution is -2.29. The molecule has 0 amide bonds. The summed E-state index contributed by atoms with van der Waals surface area (Å²) < 4.78 is 27.5. The van der Waals surface area contributed by atoms with Crippen molar-refractivity contribution in [2.75, 3.05) is 13.2 Å². The molecule has 1 aromatic rings. The van der Waals surface area contributed by atoms with Crippen molar-refractivity contribution in [2.24, 2.45) is 11.8 Å². The average Bonchev–Trinajstić information content (AvgIpc) is 2.89. The molecule has 2 unspecified atom stereocenters. The van der Waals surface area contributed by atoms with Gasteiger partial charge in [0.2, 0.25) is 10.0 Å². The van der Waals surface area contributed by atoms with Gasteiger partial charge in [-0.25, -0.2) is 13.1 Å². The Balaban J connectivity index is 2.12. The largest absolute Gasteiger partial charge is 0.384 e. The fourth-order valence-electron chi connectivity index (χ4n) is 2.75. The molecule has 2 N–H and O–H groups in total. The van der Waals surface area contributed by atoms with Crippen molar-refractivity contribution in [3.63, 3.8) is 0 Å². The fourth-order valence-corrected chi connectivity index (χ4v) is 4.03. The predicted molar refractivity (Wildman–Crippen MR) is 82.1 cm³/mol. The Hall–Kier alpha value is -1.35. The third-order valence-corrected chi connectivity index (χ3v) is 5.33. The number of aliphatic hydroxyl groups excluding tert-OH is 1. The SMILES string of the molecule is CC1CCC(CNS(=O)(=O)c2ccccc2C#CCO)C1. The molecule has 4 nitrogen and oxygen atoms in total. The van der Waals surface area contributed by atoms with Crippen LogP contribution in [0.2, 0.25) is 0 Å². The van der Waals surface area contributed by atoms with Crippen LogP contribution in [0.1, 0.15) is 31.7 Å². The number of hydrogen-bond acceptors (Lipinski definition) is 3. The molecule has 1 aliphatic rings. The zero-order valence-electron chi connectivity index (χ0n) is 12.2. The minimum atomic E-state index is -3.56. The summed E-state index contributed by atoms with van der Waals surface area (Å²) in [5.74, 6) is 6.28. The van der Waals surface area contributed by atoms with Crippen LogP contribution in [-0.4, -0.2) is 26.7 Å². The third-order valence-electron chi connectivity index (χ3n) is 3.84. The van der Waals surface area contributed by atoms with Crippen molar-refractivity contribution in [2.45, 2.75) is 31.1 Å². The smallest absolute Gasteiger partial charge is 0.241 e. The molecule has 0 aromatic heterocycles. The lowest BCUT2D eigenvalue weighted by Gasteiger charge is -2.12. The minimum Gasteiger partial charge on any atom is -0.384 e. The first-order valence-electron chi connectivity index (χ1n) is 7.21. The van der Waals surface area contributed by atoms with Gasteiger partial charge in [0.1, 0.15) is 6.61 Å². The van der Waals surface area contributed by atoms with Crippen molar-refractivity contribution in [3.8, 4) is 11.8 Å². The monoisotopic (exact) mass is 307 g/mol. The van der Waals surface area contributed by atoms with Gasteiger partial charge in [-0.05, 0) is 36.8 Å². The summed E-state index contributed by atoms with van der Waals surface area (Å²) in [6, 6.07) is 6.60. The molecule has 21 heavy (non-hydrogen) atoms. The lowest BCUT2D eigenvalue weighted by molar-refractivity contribution is 0.350. The van der Waals surface area contributed by atoms with Crippen molar-refractivity contribution < 1.29 is 13.5 Å². The Morgan fingerprint density at radius 3 is 2.76 bits per heavy atom. The molecule has 0 bridgehead atoms. The molecule has 0 radical (unpaired) electrons. The van der Waals surface area contributed by atoms with Gasteiger partial charge in [0.15, 0.2) is 0 Å². The standard InChI is InChI=1S/C16H21NO3S/c1-13-8-9-14(11-13)12-17-21(19,20)16-7-3-2-5-15(16)6-4-10-18/h2-3,5,7,13-14,17-18H,8-12H2,1H3. The van der Waals surface area contributed by atoms with E-state index >= 15 is 0 Å². The van der Waals surface area contributed by atoms with Gasteiger partial charge in [-0.1, -0.05) is 37.3 Å². The molecule has 0 saturated heterocycles. The van der Waals surface area contributed by atoms with E-state index in [0.717, 1.165) is 12.8 Å². The molecule has 0 spiro atoms. The summed E-state index contributed by atoms with van der Waals surface area (Å²) in [5.41, 5.74) is 0.416. The van der Waals surface area contributed by atoms with Gasteiger partial charge in [-0.15, -0.1) is 0 Å². The lowest BCUT2D eigenvalue weighted by atomic mass is 10.1. The third kappa shape index (κ3) is 4.31. The second-order valence-corrected chi connectivity index (χ2v) is 7.33. The van der Waals surface area contributed by atoms with Gasteiger partial charge < -0.3 is 5.11 Å². The van der Waals surface area contributed by atoms with E-state index in [-0.39, 0.29) is 11.5 Å². The van der Waals surface area contributed by atoms with Crippen molar-refractivity contribution >= 4 is 10.0 Å². The van der Waals surface area contributed by atoms with Gasteiger partial charge in [0.25, 0.3) is 0 Å². The van der Waals surface area contributed by atoms with Crippen LogP contribution in [0, 0.1) is 23.7 Å². The summed E-state index contributed by atoms with van der Waals surface area (Å²) in [7, 11) is -3.56. The van der Waals surface area contributed by atoms with E-state index < -0.39 is 10.0 Å². The van der Waals surface area contributed by atoms with Crippen molar-refractivity contribution in [1.29, 1.82) is 0 Å².